The Labute approximate surface area is 121 Å². The fraction of sp³-hybridized carbons (Fsp3) is 0.529. The molecule has 108 valence electrons. The summed E-state index contributed by atoms with van der Waals surface area (Å²) in [6.07, 6.45) is 5.72. The smallest absolute Gasteiger partial charge is 0.0489 e. The van der Waals surface area contributed by atoms with Crippen molar-refractivity contribution in [2.75, 3.05) is 32.7 Å². The summed E-state index contributed by atoms with van der Waals surface area (Å²) in [5, 5.41) is 4.88. The lowest BCUT2D eigenvalue weighted by Crippen LogP contribution is -2.30. The van der Waals surface area contributed by atoms with Crippen LogP contribution in [0.5, 0.6) is 0 Å². The molecule has 1 aromatic heterocycles. The highest BCUT2D eigenvalue weighted by Crippen LogP contribution is 2.22. The van der Waals surface area contributed by atoms with Crippen molar-refractivity contribution in [2.24, 2.45) is 0 Å². The van der Waals surface area contributed by atoms with Crippen molar-refractivity contribution in [1.29, 1.82) is 0 Å². The molecule has 1 saturated heterocycles. The number of hydrogen-bond acceptors (Lipinski definition) is 2. The summed E-state index contributed by atoms with van der Waals surface area (Å²) >= 11 is 0. The SMILES string of the molecule is CCc1cccc2c(CCN3CCCNCC3)c[nH]c12. The minimum atomic E-state index is 1.09. The van der Waals surface area contributed by atoms with Crippen molar-refractivity contribution >= 4 is 10.9 Å². The van der Waals surface area contributed by atoms with Crippen molar-refractivity contribution in [2.45, 2.75) is 26.2 Å². The molecule has 2 heterocycles. The van der Waals surface area contributed by atoms with E-state index in [1.165, 1.54) is 54.6 Å². The molecule has 1 aromatic carbocycles. The van der Waals surface area contributed by atoms with Crippen molar-refractivity contribution < 1.29 is 0 Å². The second-order valence-electron chi connectivity index (χ2n) is 5.70. The van der Waals surface area contributed by atoms with Gasteiger partial charge in [-0.05, 0) is 43.5 Å². The topological polar surface area (TPSA) is 31.1 Å². The van der Waals surface area contributed by atoms with Crippen LogP contribution in [0.25, 0.3) is 10.9 Å². The van der Waals surface area contributed by atoms with Crippen LogP contribution in [-0.4, -0.2) is 42.6 Å². The number of fused-ring (bicyclic) bond motifs is 1. The third kappa shape index (κ3) is 2.89. The van der Waals surface area contributed by atoms with E-state index in [0.717, 1.165) is 19.4 Å². The van der Waals surface area contributed by atoms with Gasteiger partial charge in [0.05, 0.1) is 0 Å². The summed E-state index contributed by atoms with van der Waals surface area (Å²) in [4.78, 5) is 6.06. The van der Waals surface area contributed by atoms with Crippen LogP contribution >= 0.6 is 0 Å². The second kappa shape index (κ2) is 6.42. The predicted molar refractivity (Wildman–Crippen MR) is 85.3 cm³/mol. The molecule has 0 bridgehead atoms. The summed E-state index contributed by atoms with van der Waals surface area (Å²) in [7, 11) is 0. The maximum absolute atomic E-state index is 3.48. The molecule has 20 heavy (non-hydrogen) atoms. The first-order chi connectivity index (χ1) is 9.88. The fourth-order valence-electron chi connectivity index (χ4n) is 3.18. The lowest BCUT2D eigenvalue weighted by Gasteiger charge is -2.18. The highest BCUT2D eigenvalue weighted by Gasteiger charge is 2.11. The lowest BCUT2D eigenvalue weighted by molar-refractivity contribution is 0.296. The molecule has 0 atom stereocenters. The number of nitrogens with one attached hydrogen (secondary N) is 2. The number of benzene rings is 1. The average Bonchev–Trinajstić information content (AvgIpc) is 2.72. The highest BCUT2D eigenvalue weighted by atomic mass is 15.1. The number of aromatic nitrogens is 1. The van der Waals surface area contributed by atoms with Gasteiger partial charge in [-0.1, -0.05) is 25.1 Å². The highest BCUT2D eigenvalue weighted by molar-refractivity contribution is 5.86. The van der Waals surface area contributed by atoms with Gasteiger partial charge >= 0.3 is 0 Å². The van der Waals surface area contributed by atoms with Crippen LogP contribution in [0.3, 0.4) is 0 Å². The normalized spacial score (nSPS) is 17.4. The number of rotatable bonds is 4. The van der Waals surface area contributed by atoms with Gasteiger partial charge in [0.2, 0.25) is 0 Å². The molecule has 0 aliphatic carbocycles. The molecule has 0 amide bonds. The van der Waals surface area contributed by atoms with Crippen LogP contribution in [0.4, 0.5) is 0 Å². The lowest BCUT2D eigenvalue weighted by atomic mass is 10.1. The molecule has 0 saturated carbocycles. The molecule has 2 aromatic rings. The Bertz CT molecular complexity index is 550. The zero-order chi connectivity index (χ0) is 13.8. The van der Waals surface area contributed by atoms with Crippen LogP contribution in [0.1, 0.15) is 24.5 Å². The van der Waals surface area contributed by atoms with E-state index in [2.05, 4.69) is 46.5 Å². The Balaban J connectivity index is 1.71. The zero-order valence-electron chi connectivity index (χ0n) is 12.4. The number of aryl methyl sites for hydroxylation is 1. The average molecular weight is 271 g/mol. The van der Waals surface area contributed by atoms with Gasteiger partial charge in [-0.15, -0.1) is 0 Å². The maximum Gasteiger partial charge on any atom is 0.0489 e. The number of hydrogen-bond donors (Lipinski definition) is 2. The Hall–Kier alpha value is -1.32. The van der Waals surface area contributed by atoms with E-state index in [1.807, 2.05) is 0 Å². The number of H-pyrrole nitrogens is 1. The first kappa shape index (κ1) is 13.7. The molecule has 3 nitrogen and oxygen atoms in total. The van der Waals surface area contributed by atoms with E-state index in [4.69, 9.17) is 0 Å². The number of nitrogens with zero attached hydrogens (tertiary/aromatic N) is 1. The molecule has 1 fully saturated rings. The van der Waals surface area contributed by atoms with Gasteiger partial charge in [-0.2, -0.15) is 0 Å². The molecule has 1 aliphatic heterocycles. The van der Waals surface area contributed by atoms with Crippen LogP contribution < -0.4 is 5.32 Å². The molecular formula is C17H25N3. The number of aromatic amines is 1. The summed E-state index contributed by atoms with van der Waals surface area (Å²) < 4.78 is 0. The predicted octanol–water partition coefficient (Wildman–Crippen LogP) is 2.57. The third-order valence-electron chi connectivity index (χ3n) is 4.40. The van der Waals surface area contributed by atoms with Gasteiger partial charge < -0.3 is 15.2 Å². The minimum Gasteiger partial charge on any atom is -0.361 e. The Kier molecular flexibility index (Phi) is 4.38. The first-order valence-electron chi connectivity index (χ1n) is 7.89. The monoisotopic (exact) mass is 271 g/mol. The van der Waals surface area contributed by atoms with E-state index < -0.39 is 0 Å². The summed E-state index contributed by atoms with van der Waals surface area (Å²) in [6, 6.07) is 6.67. The van der Waals surface area contributed by atoms with Crippen molar-refractivity contribution in [3.05, 3.63) is 35.5 Å². The van der Waals surface area contributed by atoms with E-state index >= 15 is 0 Å². The van der Waals surface area contributed by atoms with Crippen molar-refractivity contribution in [3.63, 3.8) is 0 Å². The summed E-state index contributed by atoms with van der Waals surface area (Å²) in [6.45, 7) is 8.11. The largest absolute Gasteiger partial charge is 0.361 e. The number of para-hydroxylation sites is 1. The third-order valence-corrected chi connectivity index (χ3v) is 4.40. The van der Waals surface area contributed by atoms with Gasteiger partial charge in [0.1, 0.15) is 0 Å². The van der Waals surface area contributed by atoms with E-state index in [1.54, 1.807) is 0 Å². The second-order valence-corrected chi connectivity index (χ2v) is 5.70. The Morgan fingerprint density at radius 2 is 2.10 bits per heavy atom. The van der Waals surface area contributed by atoms with Crippen LogP contribution in [0, 0.1) is 0 Å². The van der Waals surface area contributed by atoms with Crippen molar-refractivity contribution in [3.8, 4) is 0 Å². The maximum atomic E-state index is 3.48. The van der Waals surface area contributed by atoms with Crippen LogP contribution in [0.15, 0.2) is 24.4 Å². The first-order valence-corrected chi connectivity index (χ1v) is 7.89. The van der Waals surface area contributed by atoms with Gasteiger partial charge in [0.15, 0.2) is 0 Å². The Morgan fingerprint density at radius 1 is 1.15 bits per heavy atom. The van der Waals surface area contributed by atoms with Crippen molar-refractivity contribution in [1.82, 2.24) is 15.2 Å². The molecule has 2 N–H and O–H groups in total. The van der Waals surface area contributed by atoms with E-state index in [-0.39, 0.29) is 0 Å². The van der Waals surface area contributed by atoms with E-state index in [0.29, 0.717) is 0 Å². The van der Waals surface area contributed by atoms with Crippen LogP contribution in [0.2, 0.25) is 0 Å². The minimum absolute atomic E-state index is 1.09. The summed E-state index contributed by atoms with van der Waals surface area (Å²) in [5.74, 6) is 0. The molecule has 3 heteroatoms. The Morgan fingerprint density at radius 3 is 3.00 bits per heavy atom. The molecule has 0 unspecified atom stereocenters. The fourth-order valence-corrected chi connectivity index (χ4v) is 3.18. The standard InChI is InChI=1S/C17H25N3/c1-2-14-5-3-6-16-15(13-19-17(14)16)7-11-20-10-4-8-18-9-12-20/h3,5-6,13,18-19H,2,4,7-12H2,1H3. The van der Waals surface area contributed by atoms with Gasteiger partial charge in [0, 0.05) is 36.7 Å². The van der Waals surface area contributed by atoms with Gasteiger partial charge in [-0.25, -0.2) is 0 Å². The molecular weight excluding hydrogens is 246 g/mol. The van der Waals surface area contributed by atoms with E-state index in [9.17, 15) is 0 Å². The molecule has 3 rings (SSSR count). The van der Waals surface area contributed by atoms with Crippen LogP contribution in [-0.2, 0) is 12.8 Å². The molecule has 0 radical (unpaired) electrons. The molecule has 1 aliphatic rings. The zero-order valence-corrected chi connectivity index (χ0v) is 12.4. The molecule has 0 spiro atoms. The van der Waals surface area contributed by atoms with Gasteiger partial charge in [-0.3, -0.25) is 0 Å². The quantitative estimate of drug-likeness (QED) is 0.895. The summed E-state index contributed by atoms with van der Waals surface area (Å²) in [5.41, 5.74) is 4.22. The van der Waals surface area contributed by atoms with Gasteiger partial charge in [0.25, 0.3) is 0 Å².